The summed E-state index contributed by atoms with van der Waals surface area (Å²) >= 11 is 6.56. The smallest absolute Gasteiger partial charge is 0.285 e. The summed E-state index contributed by atoms with van der Waals surface area (Å²) in [5.41, 5.74) is 3.34. The minimum Gasteiger partial charge on any atom is -0.508 e. The first-order valence-electron chi connectivity index (χ1n) is 9.80. The van der Waals surface area contributed by atoms with E-state index in [2.05, 4.69) is 5.43 Å². The maximum absolute atomic E-state index is 13.2. The topological polar surface area (TPSA) is 69.6 Å². The molecule has 0 spiro atoms. The van der Waals surface area contributed by atoms with Crippen molar-refractivity contribution in [3.05, 3.63) is 34.7 Å². The van der Waals surface area contributed by atoms with Gasteiger partial charge in [-0.1, -0.05) is 23.9 Å². The van der Waals surface area contributed by atoms with Gasteiger partial charge >= 0.3 is 0 Å². The molecule has 4 aliphatic carbocycles. The first-order chi connectivity index (χ1) is 13.4. The fourth-order valence-electron chi connectivity index (χ4n) is 5.89. The highest BCUT2D eigenvalue weighted by Gasteiger charge is 2.55. The third kappa shape index (κ3) is 3.05. The predicted molar refractivity (Wildman–Crippen MR) is 112 cm³/mol. The molecule has 1 aromatic rings. The summed E-state index contributed by atoms with van der Waals surface area (Å²) in [7, 11) is 0. The van der Waals surface area contributed by atoms with E-state index in [4.69, 9.17) is 12.2 Å². The van der Waals surface area contributed by atoms with Crippen molar-refractivity contribution in [1.29, 1.82) is 0 Å². The van der Waals surface area contributed by atoms with Gasteiger partial charge in [0.2, 0.25) is 5.91 Å². The fourth-order valence-corrected chi connectivity index (χ4v) is 7.07. The summed E-state index contributed by atoms with van der Waals surface area (Å²) in [5, 5.41) is 10.6. The summed E-state index contributed by atoms with van der Waals surface area (Å²) in [4.78, 5) is 26.5. The van der Waals surface area contributed by atoms with Crippen molar-refractivity contribution in [2.45, 2.75) is 38.5 Å². The number of benzene rings is 1. The molecule has 0 unspecified atom stereocenters. The molecule has 146 valence electrons. The zero-order chi connectivity index (χ0) is 19.5. The molecular weight excluding hydrogens is 392 g/mol. The normalized spacial score (nSPS) is 35.1. The maximum Gasteiger partial charge on any atom is 0.285 e. The summed E-state index contributed by atoms with van der Waals surface area (Å²) in [6, 6.07) is 6.61. The van der Waals surface area contributed by atoms with Crippen LogP contribution in [0.25, 0.3) is 6.08 Å². The Kier molecular flexibility index (Phi) is 4.28. The van der Waals surface area contributed by atoms with Crippen LogP contribution in [0, 0.1) is 23.2 Å². The number of carbonyl (C=O) groups is 2. The van der Waals surface area contributed by atoms with Crippen LogP contribution in [0.15, 0.2) is 29.2 Å². The van der Waals surface area contributed by atoms with Gasteiger partial charge in [0.1, 0.15) is 5.75 Å². The lowest BCUT2D eigenvalue weighted by atomic mass is 9.49. The lowest BCUT2D eigenvalue weighted by molar-refractivity contribution is -0.152. The first kappa shape index (κ1) is 18.2. The Morgan fingerprint density at radius 3 is 2.29 bits per heavy atom. The van der Waals surface area contributed by atoms with E-state index in [0.717, 1.165) is 24.8 Å². The predicted octanol–water partition coefficient (Wildman–Crippen LogP) is 3.84. The van der Waals surface area contributed by atoms with E-state index in [9.17, 15) is 14.7 Å². The molecule has 5 aliphatic rings. The Bertz CT molecular complexity index is 858. The lowest BCUT2D eigenvalue weighted by Gasteiger charge is -2.55. The third-order valence-corrected chi connectivity index (χ3v) is 8.02. The molecule has 28 heavy (non-hydrogen) atoms. The van der Waals surface area contributed by atoms with Crippen molar-refractivity contribution in [1.82, 2.24) is 10.4 Å². The molecule has 1 aromatic carbocycles. The van der Waals surface area contributed by atoms with Gasteiger partial charge in [-0.3, -0.25) is 15.0 Å². The number of phenolic OH excluding ortho intramolecular Hbond substituents is 1. The molecule has 6 rings (SSSR count). The van der Waals surface area contributed by atoms with E-state index in [-0.39, 0.29) is 23.0 Å². The van der Waals surface area contributed by atoms with Gasteiger partial charge in [-0.05, 0) is 92.3 Å². The van der Waals surface area contributed by atoms with Crippen LogP contribution in [-0.2, 0) is 9.59 Å². The van der Waals surface area contributed by atoms with E-state index < -0.39 is 0 Å². The van der Waals surface area contributed by atoms with Crippen LogP contribution in [0.5, 0.6) is 5.75 Å². The summed E-state index contributed by atoms with van der Waals surface area (Å²) < 4.78 is 0.355. The number of phenols is 1. The minimum atomic E-state index is -0.321. The molecule has 1 saturated heterocycles. The molecule has 2 amide bonds. The molecule has 4 bridgehead atoms. The molecule has 7 heteroatoms. The SMILES string of the molecule is O=C1C(=Cc2ccc(O)cc2)SC(=S)N1NC(=O)C12CC3CC(CC(C3)C1)C2. The molecule has 0 radical (unpaired) electrons. The van der Waals surface area contributed by atoms with Crippen molar-refractivity contribution in [2.24, 2.45) is 23.2 Å². The highest BCUT2D eigenvalue weighted by molar-refractivity contribution is 8.26. The van der Waals surface area contributed by atoms with E-state index >= 15 is 0 Å². The van der Waals surface area contributed by atoms with Crippen LogP contribution in [0.2, 0.25) is 0 Å². The van der Waals surface area contributed by atoms with Crippen molar-refractivity contribution in [3.8, 4) is 5.75 Å². The van der Waals surface area contributed by atoms with Crippen molar-refractivity contribution >= 4 is 46.2 Å². The monoisotopic (exact) mass is 414 g/mol. The molecule has 1 aliphatic heterocycles. The van der Waals surface area contributed by atoms with E-state index in [0.29, 0.717) is 27.0 Å². The number of carbonyl (C=O) groups excluding carboxylic acids is 2. The largest absolute Gasteiger partial charge is 0.508 e. The molecule has 5 nitrogen and oxygen atoms in total. The summed E-state index contributed by atoms with van der Waals surface area (Å²) in [6.45, 7) is 0. The number of aromatic hydroxyl groups is 1. The van der Waals surface area contributed by atoms with Gasteiger partial charge in [-0.15, -0.1) is 0 Å². The molecule has 4 saturated carbocycles. The second-order valence-corrected chi connectivity index (χ2v) is 10.4. The lowest BCUT2D eigenvalue weighted by Crippen LogP contribution is -2.57. The number of nitrogens with one attached hydrogen (secondary N) is 1. The minimum absolute atomic E-state index is 0.0335. The Morgan fingerprint density at radius 2 is 1.71 bits per heavy atom. The van der Waals surface area contributed by atoms with Gasteiger partial charge in [0.25, 0.3) is 5.91 Å². The van der Waals surface area contributed by atoms with Crippen molar-refractivity contribution < 1.29 is 14.7 Å². The fraction of sp³-hybridized carbons (Fsp3) is 0.476. The Hall–Kier alpha value is -1.86. The Morgan fingerprint density at radius 1 is 1.14 bits per heavy atom. The molecule has 2 N–H and O–H groups in total. The quantitative estimate of drug-likeness (QED) is 0.581. The number of hydrogen-bond acceptors (Lipinski definition) is 5. The summed E-state index contributed by atoms with van der Waals surface area (Å²) in [5.74, 6) is 1.84. The standard InChI is InChI=1S/C21H22N2O3S2/c24-16-3-1-12(2-4-16)8-17-18(25)23(20(27)28-17)22-19(26)21-9-13-5-14(10-21)7-15(6-13)11-21/h1-4,8,13-15,24H,5-7,9-11H2,(H,22,26). The van der Waals surface area contributed by atoms with Crippen LogP contribution in [0.1, 0.15) is 44.1 Å². The molecule has 0 aromatic heterocycles. The third-order valence-electron chi connectivity index (χ3n) is 6.72. The second kappa shape index (κ2) is 6.59. The van der Waals surface area contributed by atoms with Gasteiger partial charge in [0, 0.05) is 0 Å². The number of amides is 2. The maximum atomic E-state index is 13.2. The van der Waals surface area contributed by atoms with Gasteiger partial charge in [0.15, 0.2) is 4.32 Å². The van der Waals surface area contributed by atoms with Crippen LogP contribution in [-0.4, -0.2) is 26.3 Å². The van der Waals surface area contributed by atoms with Gasteiger partial charge in [-0.2, -0.15) is 5.01 Å². The van der Waals surface area contributed by atoms with Crippen molar-refractivity contribution in [3.63, 3.8) is 0 Å². The van der Waals surface area contributed by atoms with Gasteiger partial charge < -0.3 is 5.11 Å². The van der Waals surface area contributed by atoms with Crippen LogP contribution >= 0.6 is 24.0 Å². The van der Waals surface area contributed by atoms with Crippen molar-refractivity contribution in [2.75, 3.05) is 0 Å². The number of thioether (sulfide) groups is 1. The molecule has 0 atom stereocenters. The summed E-state index contributed by atoms with van der Waals surface area (Å²) in [6.07, 6.45) is 8.37. The second-order valence-electron chi connectivity index (χ2n) is 8.75. The zero-order valence-corrected chi connectivity index (χ0v) is 17.0. The van der Waals surface area contributed by atoms with E-state index in [1.165, 1.54) is 36.0 Å². The van der Waals surface area contributed by atoms with Gasteiger partial charge in [0.05, 0.1) is 10.3 Å². The van der Waals surface area contributed by atoms with Crippen LogP contribution < -0.4 is 5.43 Å². The number of thiocarbonyl (C=S) groups is 1. The average molecular weight is 415 g/mol. The number of nitrogens with zero attached hydrogens (tertiary/aromatic N) is 1. The van der Waals surface area contributed by atoms with Crippen LogP contribution in [0.3, 0.4) is 0 Å². The average Bonchev–Trinajstić information content (AvgIpc) is 2.90. The number of hydrazine groups is 1. The highest BCUT2D eigenvalue weighted by atomic mass is 32.2. The highest BCUT2D eigenvalue weighted by Crippen LogP contribution is 2.60. The molecular formula is C21H22N2O3S2. The van der Waals surface area contributed by atoms with E-state index in [1.54, 1.807) is 30.3 Å². The first-order valence-corrected chi connectivity index (χ1v) is 11.0. The molecule has 1 heterocycles. The zero-order valence-electron chi connectivity index (χ0n) is 15.4. The van der Waals surface area contributed by atoms with E-state index in [1.807, 2.05) is 0 Å². The Labute approximate surface area is 173 Å². The number of hydrogen-bond donors (Lipinski definition) is 2. The van der Waals surface area contributed by atoms with Gasteiger partial charge in [-0.25, -0.2) is 0 Å². The Balaban J connectivity index is 1.33. The molecule has 5 fully saturated rings. The van der Waals surface area contributed by atoms with Crippen LogP contribution in [0.4, 0.5) is 0 Å². The number of rotatable bonds is 3.